The number of rotatable bonds is 7. The van der Waals surface area contributed by atoms with Crippen LogP contribution in [0.2, 0.25) is 0 Å². The molecule has 0 radical (unpaired) electrons. The molecule has 0 spiro atoms. The van der Waals surface area contributed by atoms with Crippen LogP contribution in [0.4, 0.5) is 0 Å². The first-order valence-electron chi connectivity index (χ1n) is 6.03. The van der Waals surface area contributed by atoms with Crippen molar-refractivity contribution in [2.24, 2.45) is 0 Å². The van der Waals surface area contributed by atoms with Gasteiger partial charge in [0.1, 0.15) is 5.75 Å². The zero-order valence-electron chi connectivity index (χ0n) is 11.3. The number of ether oxygens (including phenoxy) is 1. The Labute approximate surface area is 113 Å². The second-order valence-electron chi connectivity index (χ2n) is 3.68. The van der Waals surface area contributed by atoms with Gasteiger partial charge in [-0.25, -0.2) is 0 Å². The molecule has 19 heavy (non-hydrogen) atoms. The third-order valence-corrected chi connectivity index (χ3v) is 4.77. The van der Waals surface area contributed by atoms with E-state index < -0.39 is 13.3 Å². The van der Waals surface area contributed by atoms with Gasteiger partial charge in [-0.2, -0.15) is 5.26 Å². The van der Waals surface area contributed by atoms with Crippen LogP contribution in [0.15, 0.2) is 24.3 Å². The van der Waals surface area contributed by atoms with E-state index in [4.69, 9.17) is 13.8 Å². The van der Waals surface area contributed by atoms with E-state index in [1.165, 1.54) is 0 Å². The number of nitriles is 1. The Hall–Kier alpha value is -1.34. The highest BCUT2D eigenvalue weighted by Crippen LogP contribution is 2.60. The van der Waals surface area contributed by atoms with E-state index in [0.717, 1.165) is 0 Å². The molecule has 1 atom stereocenters. The van der Waals surface area contributed by atoms with Crippen molar-refractivity contribution in [3.8, 4) is 11.8 Å². The smallest absolute Gasteiger partial charge is 0.352 e. The van der Waals surface area contributed by atoms with Crippen LogP contribution in [0.25, 0.3) is 0 Å². The van der Waals surface area contributed by atoms with E-state index in [-0.39, 0.29) is 13.2 Å². The van der Waals surface area contributed by atoms with Crippen LogP contribution >= 0.6 is 7.60 Å². The summed E-state index contributed by atoms with van der Waals surface area (Å²) in [5.41, 5.74) is -0.341. The van der Waals surface area contributed by atoms with Crippen LogP contribution < -0.4 is 4.74 Å². The van der Waals surface area contributed by atoms with Gasteiger partial charge in [0.2, 0.25) is 0 Å². The molecule has 0 aliphatic heterocycles. The van der Waals surface area contributed by atoms with Crippen LogP contribution in [0.1, 0.15) is 25.1 Å². The molecule has 1 aromatic rings. The number of nitrogens with zero attached hydrogens (tertiary/aromatic N) is 1. The SMILES string of the molecule is CCOP(=O)(OCC)C(C#N)c1ccc(OC)cc1. The van der Waals surface area contributed by atoms with Gasteiger partial charge in [0.25, 0.3) is 0 Å². The normalized spacial score (nSPS) is 12.7. The molecule has 0 fully saturated rings. The Kier molecular flexibility index (Phi) is 6.04. The minimum absolute atomic E-state index is 0.228. The lowest BCUT2D eigenvalue weighted by molar-refractivity contribution is 0.216. The van der Waals surface area contributed by atoms with Crippen molar-refractivity contribution in [1.82, 2.24) is 0 Å². The van der Waals surface area contributed by atoms with Gasteiger partial charge in [-0.15, -0.1) is 0 Å². The van der Waals surface area contributed by atoms with Crippen molar-refractivity contribution >= 4 is 7.60 Å². The first kappa shape index (κ1) is 15.7. The minimum Gasteiger partial charge on any atom is -0.497 e. The molecule has 0 aliphatic rings. The fourth-order valence-electron chi connectivity index (χ4n) is 1.66. The summed E-state index contributed by atoms with van der Waals surface area (Å²) in [4.78, 5) is 0. The van der Waals surface area contributed by atoms with E-state index in [2.05, 4.69) is 0 Å². The highest BCUT2D eigenvalue weighted by Gasteiger charge is 2.37. The first-order valence-corrected chi connectivity index (χ1v) is 7.64. The molecule has 1 rings (SSSR count). The van der Waals surface area contributed by atoms with Gasteiger partial charge in [-0.1, -0.05) is 12.1 Å². The molecule has 0 saturated heterocycles. The fourth-order valence-corrected chi connectivity index (χ4v) is 3.43. The monoisotopic (exact) mass is 283 g/mol. The van der Waals surface area contributed by atoms with Crippen molar-refractivity contribution in [2.75, 3.05) is 20.3 Å². The largest absolute Gasteiger partial charge is 0.497 e. The van der Waals surface area contributed by atoms with Crippen LogP contribution in [0.5, 0.6) is 5.75 Å². The Balaban J connectivity index is 3.09. The number of methoxy groups -OCH3 is 1. The summed E-state index contributed by atoms with van der Waals surface area (Å²) in [7, 11) is -1.92. The Bertz CT molecular complexity index is 470. The van der Waals surface area contributed by atoms with Gasteiger partial charge in [0.15, 0.2) is 5.66 Å². The Morgan fingerprint density at radius 1 is 1.21 bits per heavy atom. The molecule has 104 valence electrons. The van der Waals surface area contributed by atoms with Gasteiger partial charge in [0, 0.05) is 0 Å². The maximum Gasteiger partial charge on any atom is 0.352 e. The molecule has 6 heteroatoms. The van der Waals surface area contributed by atoms with Crippen LogP contribution in [0, 0.1) is 11.3 Å². The van der Waals surface area contributed by atoms with Crippen molar-refractivity contribution in [3.05, 3.63) is 29.8 Å². The highest BCUT2D eigenvalue weighted by atomic mass is 31.2. The predicted octanol–water partition coefficient (Wildman–Crippen LogP) is 3.53. The summed E-state index contributed by atoms with van der Waals surface area (Å²) < 4.78 is 28.1. The molecular formula is C13H18NO4P. The maximum atomic E-state index is 12.6. The first-order chi connectivity index (χ1) is 9.11. The molecule has 0 saturated carbocycles. The number of hydrogen-bond donors (Lipinski definition) is 0. The summed E-state index contributed by atoms with van der Waals surface area (Å²) in [6.07, 6.45) is 0. The zero-order chi connectivity index (χ0) is 14.3. The van der Waals surface area contributed by atoms with Crippen molar-refractivity contribution < 1.29 is 18.3 Å². The van der Waals surface area contributed by atoms with Crippen molar-refractivity contribution in [2.45, 2.75) is 19.5 Å². The lowest BCUT2D eigenvalue weighted by Gasteiger charge is -2.21. The summed E-state index contributed by atoms with van der Waals surface area (Å²) in [6, 6.07) is 8.82. The zero-order valence-corrected chi connectivity index (χ0v) is 12.2. The fraction of sp³-hybridized carbons (Fsp3) is 0.462. The van der Waals surface area contributed by atoms with Crippen LogP contribution in [-0.4, -0.2) is 20.3 Å². The average Bonchev–Trinajstić information content (AvgIpc) is 2.40. The van der Waals surface area contributed by atoms with E-state index in [9.17, 15) is 9.83 Å². The van der Waals surface area contributed by atoms with Crippen LogP contribution in [0.3, 0.4) is 0 Å². The Morgan fingerprint density at radius 2 is 1.74 bits per heavy atom. The molecule has 0 aliphatic carbocycles. The highest BCUT2D eigenvalue weighted by molar-refractivity contribution is 7.54. The molecular weight excluding hydrogens is 265 g/mol. The van der Waals surface area contributed by atoms with E-state index in [1.54, 1.807) is 45.2 Å². The van der Waals surface area contributed by atoms with E-state index in [0.29, 0.717) is 11.3 Å². The lowest BCUT2D eigenvalue weighted by atomic mass is 10.1. The van der Waals surface area contributed by atoms with Gasteiger partial charge in [-0.05, 0) is 31.5 Å². The van der Waals surface area contributed by atoms with Gasteiger partial charge in [0.05, 0.1) is 26.4 Å². The van der Waals surface area contributed by atoms with Crippen molar-refractivity contribution in [3.63, 3.8) is 0 Å². The second-order valence-corrected chi connectivity index (χ2v) is 5.79. The summed E-state index contributed by atoms with van der Waals surface area (Å²) >= 11 is 0. The quantitative estimate of drug-likeness (QED) is 0.716. The molecule has 1 unspecified atom stereocenters. The minimum atomic E-state index is -3.48. The average molecular weight is 283 g/mol. The van der Waals surface area contributed by atoms with E-state index in [1.807, 2.05) is 6.07 Å². The molecule has 5 nitrogen and oxygen atoms in total. The molecule has 0 bridgehead atoms. The van der Waals surface area contributed by atoms with Gasteiger partial charge >= 0.3 is 7.60 Å². The summed E-state index contributed by atoms with van der Waals surface area (Å²) in [5.74, 6) is 0.670. The third-order valence-electron chi connectivity index (χ3n) is 2.49. The van der Waals surface area contributed by atoms with Crippen molar-refractivity contribution in [1.29, 1.82) is 5.26 Å². The Morgan fingerprint density at radius 3 is 2.11 bits per heavy atom. The molecule has 0 amide bonds. The molecule has 0 aromatic heterocycles. The van der Waals surface area contributed by atoms with Crippen LogP contribution in [-0.2, 0) is 13.6 Å². The molecule has 0 heterocycles. The predicted molar refractivity (Wildman–Crippen MR) is 72.2 cm³/mol. The summed E-state index contributed by atoms with van der Waals surface area (Å²) in [6.45, 7) is 3.89. The summed E-state index contributed by atoms with van der Waals surface area (Å²) in [5, 5.41) is 9.28. The third kappa shape index (κ3) is 3.81. The number of hydrogen-bond acceptors (Lipinski definition) is 5. The maximum absolute atomic E-state index is 12.6. The topological polar surface area (TPSA) is 68.5 Å². The molecule has 1 aromatic carbocycles. The standard InChI is InChI=1S/C13H18NO4P/c1-4-17-19(15,18-5-2)13(10-14)11-6-8-12(16-3)9-7-11/h6-9,13H,4-5H2,1-3H3. The number of benzene rings is 1. The van der Waals surface area contributed by atoms with Gasteiger partial charge < -0.3 is 13.8 Å². The van der Waals surface area contributed by atoms with Gasteiger partial charge in [-0.3, -0.25) is 4.57 Å². The lowest BCUT2D eigenvalue weighted by Crippen LogP contribution is -2.05. The molecule has 0 N–H and O–H groups in total. The van der Waals surface area contributed by atoms with E-state index >= 15 is 0 Å². The second kappa shape index (κ2) is 7.30.